The van der Waals surface area contributed by atoms with Crippen LogP contribution in [0.3, 0.4) is 0 Å². The van der Waals surface area contributed by atoms with Gasteiger partial charge < -0.3 is 25.9 Å². The Kier molecular flexibility index (Phi) is 6.06. The lowest BCUT2D eigenvalue weighted by Crippen LogP contribution is -2.35. The molecule has 0 bridgehead atoms. The van der Waals surface area contributed by atoms with Gasteiger partial charge in [-0.1, -0.05) is 6.58 Å². The molecule has 0 atom stereocenters. The number of carbonyl (C=O) groups excluding carboxylic acids is 1. The molecule has 0 fully saturated rings. The molecule has 1 amide bonds. The lowest BCUT2D eigenvalue weighted by molar-refractivity contribution is -0.114. The number of nitrogens with one attached hydrogen (secondary N) is 2. The van der Waals surface area contributed by atoms with Gasteiger partial charge in [-0.05, 0) is 12.1 Å². The SMILES string of the molecule is C=C(NC)/C(=N\N)C(=O)NCc1ccc(OC)cc1OC. The van der Waals surface area contributed by atoms with E-state index in [9.17, 15) is 4.79 Å². The lowest BCUT2D eigenvalue weighted by Gasteiger charge is -2.12. The van der Waals surface area contributed by atoms with Crippen LogP contribution in [-0.4, -0.2) is 32.9 Å². The standard InChI is InChI=1S/C14H20N4O3/c1-9(16-2)13(18-15)14(19)17-8-10-5-6-11(20-3)7-12(10)21-4/h5-7,16H,1,8,15H2,2-4H3,(H,17,19)/b18-13+. The Morgan fingerprint density at radius 2 is 2.10 bits per heavy atom. The van der Waals surface area contributed by atoms with Crippen molar-refractivity contribution in [2.45, 2.75) is 6.54 Å². The molecule has 0 saturated heterocycles. The molecule has 0 spiro atoms. The van der Waals surface area contributed by atoms with E-state index in [0.29, 0.717) is 17.2 Å². The number of ether oxygens (including phenoxy) is 2. The van der Waals surface area contributed by atoms with Gasteiger partial charge in [0.15, 0.2) is 5.71 Å². The van der Waals surface area contributed by atoms with Crippen molar-refractivity contribution >= 4 is 11.6 Å². The van der Waals surface area contributed by atoms with E-state index in [0.717, 1.165) is 5.56 Å². The molecular weight excluding hydrogens is 272 g/mol. The van der Waals surface area contributed by atoms with Gasteiger partial charge in [-0.3, -0.25) is 4.79 Å². The number of nitrogens with zero attached hydrogens (tertiary/aromatic N) is 1. The molecule has 7 nitrogen and oxygen atoms in total. The Morgan fingerprint density at radius 1 is 1.38 bits per heavy atom. The Balaban J connectivity index is 2.79. The first kappa shape index (κ1) is 16.4. The van der Waals surface area contributed by atoms with Crippen molar-refractivity contribution in [3.63, 3.8) is 0 Å². The first-order chi connectivity index (χ1) is 10.1. The summed E-state index contributed by atoms with van der Waals surface area (Å²) in [7, 11) is 4.76. The van der Waals surface area contributed by atoms with E-state index in [1.165, 1.54) is 0 Å². The zero-order valence-corrected chi connectivity index (χ0v) is 12.4. The number of nitrogens with two attached hydrogens (primary N) is 1. The molecule has 0 heterocycles. The van der Waals surface area contributed by atoms with Crippen molar-refractivity contribution in [1.29, 1.82) is 0 Å². The molecule has 4 N–H and O–H groups in total. The van der Waals surface area contributed by atoms with Crippen LogP contribution < -0.4 is 25.9 Å². The van der Waals surface area contributed by atoms with Crippen LogP contribution in [0.5, 0.6) is 11.5 Å². The Bertz CT molecular complexity index is 555. The maximum atomic E-state index is 12.0. The summed E-state index contributed by atoms with van der Waals surface area (Å²) < 4.78 is 10.4. The van der Waals surface area contributed by atoms with E-state index in [-0.39, 0.29) is 12.3 Å². The van der Waals surface area contributed by atoms with Crippen LogP contribution in [0, 0.1) is 0 Å². The topological polar surface area (TPSA) is 98.0 Å². The zero-order valence-electron chi connectivity index (χ0n) is 12.4. The van der Waals surface area contributed by atoms with E-state index < -0.39 is 5.91 Å². The number of hydrazone groups is 1. The number of carbonyl (C=O) groups is 1. The van der Waals surface area contributed by atoms with E-state index >= 15 is 0 Å². The molecule has 0 radical (unpaired) electrons. The summed E-state index contributed by atoms with van der Waals surface area (Å²) in [5.41, 5.74) is 1.19. The maximum Gasteiger partial charge on any atom is 0.274 e. The molecule has 114 valence electrons. The molecule has 1 aromatic rings. The molecule has 21 heavy (non-hydrogen) atoms. The Morgan fingerprint density at radius 3 is 2.62 bits per heavy atom. The van der Waals surface area contributed by atoms with Crippen LogP contribution in [0.2, 0.25) is 0 Å². The highest BCUT2D eigenvalue weighted by molar-refractivity contribution is 6.44. The third-order valence-electron chi connectivity index (χ3n) is 2.87. The van der Waals surface area contributed by atoms with Crippen LogP contribution in [0.4, 0.5) is 0 Å². The number of rotatable bonds is 7. The number of hydrogen-bond donors (Lipinski definition) is 3. The minimum absolute atomic E-state index is 0.0463. The fourth-order valence-corrected chi connectivity index (χ4v) is 1.65. The zero-order chi connectivity index (χ0) is 15.8. The molecule has 7 heteroatoms. The molecule has 0 aliphatic heterocycles. The van der Waals surface area contributed by atoms with Gasteiger partial charge in [0.25, 0.3) is 5.91 Å². The largest absolute Gasteiger partial charge is 0.497 e. The summed E-state index contributed by atoms with van der Waals surface area (Å²) in [5, 5.41) is 8.86. The second-order valence-corrected chi connectivity index (χ2v) is 4.07. The Labute approximate surface area is 123 Å². The monoisotopic (exact) mass is 292 g/mol. The van der Waals surface area contributed by atoms with Crippen molar-refractivity contribution in [3.05, 3.63) is 36.0 Å². The van der Waals surface area contributed by atoms with Gasteiger partial charge in [0.2, 0.25) is 0 Å². The highest BCUT2D eigenvalue weighted by Crippen LogP contribution is 2.24. The summed E-state index contributed by atoms with van der Waals surface area (Å²) in [6.45, 7) is 3.92. The lowest BCUT2D eigenvalue weighted by atomic mass is 10.2. The smallest absolute Gasteiger partial charge is 0.274 e. The second kappa shape index (κ2) is 7.78. The van der Waals surface area contributed by atoms with Crippen LogP contribution >= 0.6 is 0 Å². The van der Waals surface area contributed by atoms with Crippen LogP contribution in [0.25, 0.3) is 0 Å². The average Bonchev–Trinajstić information content (AvgIpc) is 2.52. The molecule has 0 saturated carbocycles. The van der Waals surface area contributed by atoms with Crippen LogP contribution in [-0.2, 0) is 11.3 Å². The predicted octanol–water partition coefficient (Wildman–Crippen LogP) is 0.368. The third-order valence-corrected chi connectivity index (χ3v) is 2.87. The predicted molar refractivity (Wildman–Crippen MR) is 81.2 cm³/mol. The van der Waals surface area contributed by atoms with Gasteiger partial charge in [-0.25, -0.2) is 0 Å². The summed E-state index contributed by atoms with van der Waals surface area (Å²) in [5.74, 6) is 6.07. The third kappa shape index (κ3) is 4.13. The first-order valence-electron chi connectivity index (χ1n) is 6.21. The minimum Gasteiger partial charge on any atom is -0.497 e. The van der Waals surface area contributed by atoms with Crippen LogP contribution in [0.1, 0.15) is 5.56 Å². The molecule has 0 aliphatic carbocycles. The summed E-state index contributed by atoms with van der Waals surface area (Å²) in [4.78, 5) is 12.0. The van der Waals surface area contributed by atoms with Gasteiger partial charge in [-0.2, -0.15) is 5.10 Å². The van der Waals surface area contributed by atoms with E-state index in [1.807, 2.05) is 6.07 Å². The van der Waals surface area contributed by atoms with Gasteiger partial charge in [0.1, 0.15) is 11.5 Å². The van der Waals surface area contributed by atoms with E-state index in [1.54, 1.807) is 33.4 Å². The highest BCUT2D eigenvalue weighted by Gasteiger charge is 2.15. The first-order valence-corrected chi connectivity index (χ1v) is 6.21. The quantitative estimate of drug-likeness (QED) is 0.383. The summed E-state index contributed by atoms with van der Waals surface area (Å²) in [6, 6.07) is 5.34. The molecule has 0 aliphatic rings. The van der Waals surface area contributed by atoms with Crippen LogP contribution in [0.15, 0.2) is 35.6 Å². The molecule has 0 aromatic heterocycles. The van der Waals surface area contributed by atoms with Gasteiger partial charge in [-0.15, -0.1) is 0 Å². The normalized spacial score (nSPS) is 10.7. The van der Waals surface area contributed by atoms with Gasteiger partial charge in [0, 0.05) is 25.2 Å². The fraction of sp³-hybridized carbons (Fsp3) is 0.286. The number of benzene rings is 1. The van der Waals surface area contributed by atoms with Crippen molar-refractivity contribution in [2.24, 2.45) is 10.9 Å². The second-order valence-electron chi connectivity index (χ2n) is 4.07. The summed E-state index contributed by atoms with van der Waals surface area (Å²) in [6.07, 6.45) is 0. The van der Waals surface area contributed by atoms with E-state index in [4.69, 9.17) is 15.3 Å². The highest BCUT2D eigenvalue weighted by atomic mass is 16.5. The van der Waals surface area contributed by atoms with Crippen molar-refractivity contribution in [3.8, 4) is 11.5 Å². The molecule has 1 rings (SSSR count). The van der Waals surface area contributed by atoms with Crippen molar-refractivity contribution < 1.29 is 14.3 Å². The van der Waals surface area contributed by atoms with E-state index in [2.05, 4.69) is 22.3 Å². The average molecular weight is 292 g/mol. The summed E-state index contributed by atoms with van der Waals surface area (Å²) >= 11 is 0. The number of amides is 1. The van der Waals surface area contributed by atoms with Crippen molar-refractivity contribution in [2.75, 3.05) is 21.3 Å². The van der Waals surface area contributed by atoms with Gasteiger partial charge in [0.05, 0.1) is 19.9 Å². The Hall–Kier alpha value is -2.70. The number of hydrogen-bond acceptors (Lipinski definition) is 6. The molecular formula is C14H20N4O3. The number of methoxy groups -OCH3 is 2. The van der Waals surface area contributed by atoms with Gasteiger partial charge >= 0.3 is 0 Å². The molecule has 1 aromatic carbocycles. The fourth-order valence-electron chi connectivity index (χ4n) is 1.65. The molecule has 0 unspecified atom stereocenters. The van der Waals surface area contributed by atoms with Crippen molar-refractivity contribution in [1.82, 2.24) is 10.6 Å². The maximum absolute atomic E-state index is 12.0. The minimum atomic E-state index is -0.422.